The van der Waals surface area contributed by atoms with Gasteiger partial charge in [-0.15, -0.1) is 5.10 Å². The minimum absolute atomic E-state index is 0.0809. The van der Waals surface area contributed by atoms with E-state index in [0.717, 1.165) is 16.2 Å². The maximum Gasteiger partial charge on any atom is 0.233 e. The van der Waals surface area contributed by atoms with Crippen LogP contribution in [0.5, 0.6) is 0 Å². The van der Waals surface area contributed by atoms with Crippen LogP contribution in [0.1, 0.15) is 13.8 Å². The van der Waals surface area contributed by atoms with Gasteiger partial charge in [0.05, 0.1) is 29.0 Å². The largest absolute Gasteiger partial charge is 0.372 e. The van der Waals surface area contributed by atoms with Gasteiger partial charge in [-0.05, 0) is 26.0 Å². The molecule has 0 spiro atoms. The number of imidazole rings is 1. The summed E-state index contributed by atoms with van der Waals surface area (Å²) in [5.41, 5.74) is 1.90. The summed E-state index contributed by atoms with van der Waals surface area (Å²) < 4.78 is 7.64. The highest BCUT2D eigenvalue weighted by molar-refractivity contribution is 7.99. The van der Waals surface area contributed by atoms with Crippen LogP contribution in [0.4, 0.5) is 0 Å². The van der Waals surface area contributed by atoms with Gasteiger partial charge in [0.25, 0.3) is 0 Å². The topological polar surface area (TPSA) is 75.5 Å². The first kappa shape index (κ1) is 15.5. The van der Waals surface area contributed by atoms with Crippen LogP contribution in [0.2, 0.25) is 0 Å². The number of carbonyl (C=O) groups excluding carboxylic acids is 1. The number of nitrogens with one attached hydrogen (secondary N) is 1. The molecule has 0 saturated carbocycles. The van der Waals surface area contributed by atoms with E-state index in [1.807, 2.05) is 47.4 Å². The third-order valence-electron chi connectivity index (χ3n) is 4.10. The maximum absolute atomic E-state index is 12.5. The highest BCUT2D eigenvalue weighted by Crippen LogP contribution is 2.23. The normalized spacial score (nSPS) is 21.7. The minimum atomic E-state index is 0.0809. The van der Waals surface area contributed by atoms with Crippen LogP contribution >= 0.6 is 11.8 Å². The van der Waals surface area contributed by atoms with E-state index in [1.165, 1.54) is 11.8 Å². The Morgan fingerprint density at radius 3 is 2.88 bits per heavy atom. The van der Waals surface area contributed by atoms with Crippen LogP contribution in [0.3, 0.4) is 0 Å². The Hall–Kier alpha value is -2.06. The van der Waals surface area contributed by atoms with Crippen molar-refractivity contribution in [2.24, 2.45) is 0 Å². The summed E-state index contributed by atoms with van der Waals surface area (Å²) in [7, 11) is 0. The van der Waals surface area contributed by atoms with Crippen LogP contribution in [0.15, 0.2) is 29.4 Å². The van der Waals surface area contributed by atoms with E-state index in [1.54, 1.807) is 0 Å². The molecule has 2 aromatic heterocycles. The van der Waals surface area contributed by atoms with Crippen molar-refractivity contribution in [1.82, 2.24) is 24.5 Å². The van der Waals surface area contributed by atoms with Crippen molar-refractivity contribution in [2.75, 3.05) is 18.8 Å². The lowest BCUT2D eigenvalue weighted by molar-refractivity contribution is -0.140. The molecule has 4 rings (SSSR count). The molecule has 1 aromatic carbocycles. The number of nitrogens with zero attached hydrogens (tertiary/aromatic N) is 4. The Labute approximate surface area is 143 Å². The molecule has 8 heteroatoms. The van der Waals surface area contributed by atoms with Gasteiger partial charge in [0.2, 0.25) is 11.7 Å². The van der Waals surface area contributed by atoms with E-state index < -0.39 is 0 Å². The first-order valence-corrected chi connectivity index (χ1v) is 8.98. The molecular formula is C16H19N5O2S. The Balaban J connectivity index is 1.51. The quantitative estimate of drug-likeness (QED) is 0.734. The van der Waals surface area contributed by atoms with Gasteiger partial charge in [0.15, 0.2) is 5.16 Å². The number of fused-ring (bicyclic) bond motifs is 3. The first-order chi connectivity index (χ1) is 11.6. The van der Waals surface area contributed by atoms with Crippen LogP contribution in [-0.2, 0) is 9.53 Å². The summed E-state index contributed by atoms with van der Waals surface area (Å²) in [6, 6.07) is 7.90. The van der Waals surface area contributed by atoms with E-state index in [-0.39, 0.29) is 18.1 Å². The molecule has 1 aliphatic heterocycles. The fraction of sp³-hybridized carbons (Fsp3) is 0.438. The monoisotopic (exact) mass is 345 g/mol. The fourth-order valence-electron chi connectivity index (χ4n) is 3.14. The summed E-state index contributed by atoms with van der Waals surface area (Å²) in [6.07, 6.45) is 0.162. The lowest BCUT2D eigenvalue weighted by atomic mass is 10.2. The molecule has 24 heavy (non-hydrogen) atoms. The number of hydrogen-bond acceptors (Lipinski definition) is 5. The summed E-state index contributed by atoms with van der Waals surface area (Å²) in [6.45, 7) is 5.29. The number of H-pyrrole nitrogens is 1. The molecule has 1 aliphatic rings. The van der Waals surface area contributed by atoms with Gasteiger partial charge in [-0.25, -0.2) is 10.1 Å². The maximum atomic E-state index is 12.5. The van der Waals surface area contributed by atoms with E-state index in [9.17, 15) is 4.79 Å². The molecule has 7 nitrogen and oxygen atoms in total. The second-order valence-corrected chi connectivity index (χ2v) is 7.05. The third-order valence-corrected chi connectivity index (χ3v) is 5.02. The van der Waals surface area contributed by atoms with Crippen molar-refractivity contribution in [2.45, 2.75) is 31.2 Å². The number of thioether (sulfide) groups is 1. The zero-order valence-electron chi connectivity index (χ0n) is 13.6. The second-order valence-electron chi connectivity index (χ2n) is 6.11. The Morgan fingerprint density at radius 2 is 2.08 bits per heavy atom. The number of morpholine rings is 1. The second kappa shape index (κ2) is 6.10. The smallest absolute Gasteiger partial charge is 0.233 e. The van der Waals surface area contributed by atoms with Gasteiger partial charge in [0, 0.05) is 13.1 Å². The molecule has 0 aliphatic carbocycles. The van der Waals surface area contributed by atoms with Gasteiger partial charge in [0.1, 0.15) is 0 Å². The summed E-state index contributed by atoms with van der Waals surface area (Å²) in [5, 5.41) is 7.98. The number of rotatable bonds is 3. The van der Waals surface area contributed by atoms with E-state index in [2.05, 4.69) is 15.2 Å². The number of carbonyl (C=O) groups is 1. The average molecular weight is 345 g/mol. The van der Waals surface area contributed by atoms with Crippen molar-refractivity contribution in [1.29, 1.82) is 0 Å². The zero-order valence-corrected chi connectivity index (χ0v) is 14.4. The zero-order chi connectivity index (χ0) is 16.7. The summed E-state index contributed by atoms with van der Waals surface area (Å²) >= 11 is 1.43. The Morgan fingerprint density at radius 1 is 1.33 bits per heavy atom. The lowest BCUT2D eigenvalue weighted by Gasteiger charge is -2.35. The number of hydrogen-bond donors (Lipinski definition) is 1. The Bertz CT molecular complexity index is 879. The van der Waals surface area contributed by atoms with Crippen molar-refractivity contribution >= 4 is 34.5 Å². The fourth-order valence-corrected chi connectivity index (χ4v) is 4.00. The molecule has 3 heterocycles. The number of benzene rings is 1. The molecule has 1 saturated heterocycles. The number of aromatic amines is 1. The van der Waals surface area contributed by atoms with Gasteiger partial charge >= 0.3 is 0 Å². The number of aromatic nitrogens is 4. The third kappa shape index (κ3) is 2.76. The van der Waals surface area contributed by atoms with Crippen molar-refractivity contribution in [3.63, 3.8) is 0 Å². The Kier molecular flexibility index (Phi) is 3.93. The molecule has 3 aromatic rings. The van der Waals surface area contributed by atoms with Crippen LogP contribution in [-0.4, -0.2) is 61.4 Å². The molecule has 126 valence electrons. The molecule has 2 unspecified atom stereocenters. The van der Waals surface area contributed by atoms with Crippen LogP contribution in [0.25, 0.3) is 16.8 Å². The average Bonchev–Trinajstić information content (AvgIpc) is 3.10. The van der Waals surface area contributed by atoms with Crippen molar-refractivity contribution in [3.05, 3.63) is 24.3 Å². The number of para-hydroxylation sites is 2. The SMILES string of the molecule is CC1CN(C(=O)CSc2n[nH]c3nc4ccccc4n23)CC(C)O1. The molecule has 1 fully saturated rings. The summed E-state index contributed by atoms with van der Waals surface area (Å²) in [4.78, 5) is 18.9. The van der Waals surface area contributed by atoms with E-state index in [4.69, 9.17) is 4.74 Å². The molecular weight excluding hydrogens is 326 g/mol. The van der Waals surface area contributed by atoms with Crippen molar-refractivity contribution in [3.8, 4) is 0 Å². The highest BCUT2D eigenvalue weighted by Gasteiger charge is 2.26. The molecule has 0 bridgehead atoms. The molecule has 0 radical (unpaired) electrons. The standard InChI is InChI=1S/C16H19N5O2S/c1-10-7-20(8-11(2)23-10)14(22)9-24-16-19-18-15-17-12-5-3-4-6-13(12)21(15)16/h3-6,10-11H,7-9H2,1-2H3,(H,17,18). The summed E-state index contributed by atoms with van der Waals surface area (Å²) in [5.74, 6) is 1.16. The first-order valence-electron chi connectivity index (χ1n) is 7.99. The van der Waals surface area contributed by atoms with Gasteiger partial charge in [-0.3, -0.25) is 9.20 Å². The predicted molar refractivity (Wildman–Crippen MR) is 92.2 cm³/mol. The van der Waals surface area contributed by atoms with Gasteiger partial charge in [-0.1, -0.05) is 23.9 Å². The number of ether oxygens (including phenoxy) is 1. The molecule has 2 atom stereocenters. The highest BCUT2D eigenvalue weighted by atomic mass is 32.2. The molecule has 1 N–H and O–H groups in total. The number of amides is 1. The van der Waals surface area contributed by atoms with E-state index >= 15 is 0 Å². The lowest BCUT2D eigenvalue weighted by Crippen LogP contribution is -2.48. The minimum Gasteiger partial charge on any atom is -0.372 e. The van der Waals surface area contributed by atoms with Gasteiger partial charge < -0.3 is 9.64 Å². The van der Waals surface area contributed by atoms with E-state index in [0.29, 0.717) is 24.6 Å². The molecule has 1 amide bonds. The predicted octanol–water partition coefficient (Wildman–Crippen LogP) is 1.94. The van der Waals surface area contributed by atoms with Gasteiger partial charge in [-0.2, -0.15) is 0 Å². The van der Waals surface area contributed by atoms with Crippen LogP contribution in [0, 0.1) is 0 Å². The van der Waals surface area contributed by atoms with Crippen LogP contribution < -0.4 is 0 Å². The van der Waals surface area contributed by atoms with Crippen molar-refractivity contribution < 1.29 is 9.53 Å².